The maximum atomic E-state index is 4.26. The van der Waals surface area contributed by atoms with E-state index in [0.717, 1.165) is 32.0 Å². The van der Waals surface area contributed by atoms with Gasteiger partial charge in [-0.05, 0) is 30.0 Å². The molecule has 0 aliphatic rings. The normalized spacial score (nSPS) is 11.3. The van der Waals surface area contributed by atoms with Crippen LogP contribution in [0.5, 0.6) is 0 Å². The predicted octanol–water partition coefficient (Wildman–Crippen LogP) is 2.59. The number of benzene rings is 1. The number of guanidine groups is 1. The summed E-state index contributed by atoms with van der Waals surface area (Å²) in [5.74, 6) is 0.859. The molecule has 0 atom stereocenters. The summed E-state index contributed by atoms with van der Waals surface area (Å²) in [5, 5.41) is 8.81. The molecule has 2 aromatic rings. The predicted molar refractivity (Wildman–Crippen MR) is 97.1 cm³/mol. The summed E-state index contributed by atoms with van der Waals surface area (Å²) in [6.45, 7) is 2.68. The SMILES string of the molecule is CN=C(NCCc1cccs1)NCCN(C)c1ccccc1. The zero-order chi connectivity index (χ0) is 15.6. The van der Waals surface area contributed by atoms with Crippen molar-refractivity contribution in [2.75, 3.05) is 38.6 Å². The molecule has 0 aliphatic heterocycles. The van der Waals surface area contributed by atoms with Gasteiger partial charge in [-0.2, -0.15) is 0 Å². The number of rotatable bonds is 7. The van der Waals surface area contributed by atoms with E-state index in [0.29, 0.717) is 0 Å². The lowest BCUT2D eigenvalue weighted by Crippen LogP contribution is -2.41. The van der Waals surface area contributed by atoms with Crippen LogP contribution in [0.2, 0.25) is 0 Å². The smallest absolute Gasteiger partial charge is 0.191 e. The van der Waals surface area contributed by atoms with Crippen molar-refractivity contribution in [1.82, 2.24) is 10.6 Å². The molecule has 1 aromatic carbocycles. The van der Waals surface area contributed by atoms with E-state index in [9.17, 15) is 0 Å². The van der Waals surface area contributed by atoms with Gasteiger partial charge in [0.15, 0.2) is 5.96 Å². The number of anilines is 1. The van der Waals surface area contributed by atoms with Crippen LogP contribution in [0.15, 0.2) is 52.8 Å². The third-order valence-corrected chi connectivity index (χ3v) is 4.34. The summed E-state index contributed by atoms with van der Waals surface area (Å²) in [4.78, 5) is 7.88. The van der Waals surface area contributed by atoms with Gasteiger partial charge in [0.1, 0.15) is 0 Å². The molecule has 0 amide bonds. The largest absolute Gasteiger partial charge is 0.373 e. The molecule has 118 valence electrons. The summed E-state index contributed by atoms with van der Waals surface area (Å²) >= 11 is 1.79. The molecule has 2 rings (SSSR count). The van der Waals surface area contributed by atoms with Gasteiger partial charge in [0, 0.05) is 44.3 Å². The van der Waals surface area contributed by atoms with Crippen LogP contribution in [0, 0.1) is 0 Å². The van der Waals surface area contributed by atoms with Gasteiger partial charge in [0.2, 0.25) is 0 Å². The molecule has 0 radical (unpaired) electrons. The van der Waals surface area contributed by atoms with Crippen LogP contribution in [0.25, 0.3) is 0 Å². The van der Waals surface area contributed by atoms with Crippen molar-refractivity contribution >= 4 is 23.0 Å². The number of nitrogens with zero attached hydrogens (tertiary/aromatic N) is 2. The molecule has 22 heavy (non-hydrogen) atoms. The van der Waals surface area contributed by atoms with E-state index in [2.05, 4.69) is 69.4 Å². The van der Waals surface area contributed by atoms with Crippen LogP contribution >= 0.6 is 11.3 Å². The first kappa shape index (κ1) is 16.4. The fraction of sp³-hybridized carbons (Fsp3) is 0.353. The number of aliphatic imine (C=N–C) groups is 1. The average molecular weight is 316 g/mol. The standard InChI is InChI=1S/C17H24N4S/c1-18-17(19-11-10-16-9-6-14-22-16)20-12-13-21(2)15-7-4-3-5-8-15/h3-9,14H,10-13H2,1-2H3,(H2,18,19,20). The number of likely N-dealkylation sites (N-methyl/N-ethyl adjacent to an activating group) is 1. The molecule has 2 N–H and O–H groups in total. The summed E-state index contributed by atoms with van der Waals surface area (Å²) in [7, 11) is 3.91. The summed E-state index contributed by atoms with van der Waals surface area (Å²) in [5.41, 5.74) is 1.23. The topological polar surface area (TPSA) is 39.7 Å². The Bertz CT molecular complexity index is 551. The number of hydrogen-bond acceptors (Lipinski definition) is 3. The first-order chi connectivity index (χ1) is 10.8. The maximum absolute atomic E-state index is 4.26. The minimum absolute atomic E-state index is 0.851. The van der Waals surface area contributed by atoms with E-state index in [1.54, 1.807) is 18.4 Å². The van der Waals surface area contributed by atoms with Crippen molar-refractivity contribution in [3.05, 3.63) is 52.7 Å². The zero-order valence-electron chi connectivity index (χ0n) is 13.2. The first-order valence-corrected chi connectivity index (χ1v) is 8.40. The van der Waals surface area contributed by atoms with Gasteiger partial charge in [-0.1, -0.05) is 24.3 Å². The highest BCUT2D eigenvalue weighted by Gasteiger charge is 2.01. The Labute approximate surface area is 136 Å². The molecule has 0 bridgehead atoms. The second-order valence-electron chi connectivity index (χ2n) is 5.01. The molecule has 0 aliphatic carbocycles. The second-order valence-corrected chi connectivity index (χ2v) is 6.04. The highest BCUT2D eigenvalue weighted by Crippen LogP contribution is 2.09. The van der Waals surface area contributed by atoms with E-state index in [1.165, 1.54) is 10.6 Å². The molecule has 0 spiro atoms. The fourth-order valence-corrected chi connectivity index (χ4v) is 2.84. The van der Waals surface area contributed by atoms with Crippen LogP contribution in [-0.2, 0) is 6.42 Å². The Kier molecular flexibility index (Phi) is 6.77. The molecule has 1 aromatic heterocycles. The molecular weight excluding hydrogens is 292 g/mol. The van der Waals surface area contributed by atoms with E-state index in [4.69, 9.17) is 0 Å². The van der Waals surface area contributed by atoms with Crippen LogP contribution in [-0.4, -0.2) is 39.7 Å². The highest BCUT2D eigenvalue weighted by molar-refractivity contribution is 7.09. The van der Waals surface area contributed by atoms with Crippen molar-refractivity contribution in [2.45, 2.75) is 6.42 Å². The van der Waals surface area contributed by atoms with Crippen LogP contribution in [0.4, 0.5) is 5.69 Å². The average Bonchev–Trinajstić information content (AvgIpc) is 3.07. The van der Waals surface area contributed by atoms with Crippen LogP contribution in [0.1, 0.15) is 4.88 Å². The van der Waals surface area contributed by atoms with Crippen molar-refractivity contribution in [2.24, 2.45) is 4.99 Å². The van der Waals surface area contributed by atoms with Crippen molar-refractivity contribution in [3.63, 3.8) is 0 Å². The van der Waals surface area contributed by atoms with Gasteiger partial charge in [-0.3, -0.25) is 4.99 Å². The van der Waals surface area contributed by atoms with Crippen molar-refractivity contribution in [1.29, 1.82) is 0 Å². The lowest BCUT2D eigenvalue weighted by Gasteiger charge is -2.20. The third-order valence-electron chi connectivity index (χ3n) is 3.40. The number of hydrogen-bond donors (Lipinski definition) is 2. The molecule has 1 heterocycles. The lowest BCUT2D eigenvalue weighted by atomic mass is 10.3. The van der Waals surface area contributed by atoms with Gasteiger partial charge in [0.25, 0.3) is 0 Å². The summed E-state index contributed by atoms with van der Waals surface area (Å²) in [6.07, 6.45) is 1.03. The molecule has 0 saturated carbocycles. The van der Waals surface area contributed by atoms with Gasteiger partial charge >= 0.3 is 0 Å². The Morgan fingerprint density at radius 3 is 2.55 bits per heavy atom. The number of para-hydroxylation sites is 1. The van der Waals surface area contributed by atoms with E-state index >= 15 is 0 Å². The minimum atomic E-state index is 0.851. The van der Waals surface area contributed by atoms with E-state index < -0.39 is 0 Å². The van der Waals surface area contributed by atoms with E-state index in [-0.39, 0.29) is 0 Å². The van der Waals surface area contributed by atoms with E-state index in [1.807, 2.05) is 6.07 Å². The second kappa shape index (κ2) is 9.10. The van der Waals surface area contributed by atoms with Gasteiger partial charge in [-0.15, -0.1) is 11.3 Å². The number of thiophene rings is 1. The molecule has 0 saturated heterocycles. The minimum Gasteiger partial charge on any atom is -0.373 e. The maximum Gasteiger partial charge on any atom is 0.191 e. The zero-order valence-corrected chi connectivity index (χ0v) is 14.1. The van der Waals surface area contributed by atoms with Gasteiger partial charge in [-0.25, -0.2) is 0 Å². The Morgan fingerprint density at radius 1 is 1.09 bits per heavy atom. The van der Waals surface area contributed by atoms with Crippen LogP contribution in [0.3, 0.4) is 0 Å². The third kappa shape index (κ3) is 5.41. The highest BCUT2D eigenvalue weighted by atomic mass is 32.1. The fourth-order valence-electron chi connectivity index (χ4n) is 2.13. The lowest BCUT2D eigenvalue weighted by molar-refractivity contribution is 0.773. The Morgan fingerprint density at radius 2 is 1.86 bits per heavy atom. The Balaban J connectivity index is 1.66. The molecule has 0 unspecified atom stereocenters. The molecule has 5 heteroatoms. The van der Waals surface area contributed by atoms with Crippen molar-refractivity contribution < 1.29 is 0 Å². The molecular formula is C17H24N4S. The van der Waals surface area contributed by atoms with Gasteiger partial charge < -0.3 is 15.5 Å². The van der Waals surface area contributed by atoms with Gasteiger partial charge in [0.05, 0.1) is 0 Å². The summed E-state index contributed by atoms with van der Waals surface area (Å²) in [6, 6.07) is 14.6. The quantitative estimate of drug-likeness (QED) is 0.609. The first-order valence-electron chi connectivity index (χ1n) is 7.52. The summed E-state index contributed by atoms with van der Waals surface area (Å²) < 4.78 is 0. The Hall–Kier alpha value is -2.01. The van der Waals surface area contributed by atoms with Crippen LogP contribution < -0.4 is 15.5 Å². The molecule has 0 fully saturated rings. The van der Waals surface area contributed by atoms with Crippen molar-refractivity contribution in [3.8, 4) is 0 Å². The molecule has 4 nitrogen and oxygen atoms in total. The number of nitrogens with one attached hydrogen (secondary N) is 2. The monoisotopic (exact) mass is 316 g/mol.